The summed E-state index contributed by atoms with van der Waals surface area (Å²) in [7, 11) is 2.39. The first-order chi connectivity index (χ1) is 13.3. The lowest BCUT2D eigenvalue weighted by molar-refractivity contribution is -0.160. The van der Waals surface area contributed by atoms with Gasteiger partial charge >= 0.3 is 11.9 Å². The Labute approximate surface area is 177 Å². The van der Waals surface area contributed by atoms with E-state index in [1.807, 2.05) is 0 Å². The SMILES string of the molecule is COC(=O)C(C(=O)OC)[C@@H](c1ccc(Cl)cc1)[C@H](C)C(=O)c1ccc(Br)cc1. The van der Waals surface area contributed by atoms with Crippen LogP contribution < -0.4 is 0 Å². The van der Waals surface area contributed by atoms with Crippen molar-refractivity contribution in [3.63, 3.8) is 0 Å². The molecule has 2 rings (SSSR count). The molecule has 0 spiro atoms. The summed E-state index contributed by atoms with van der Waals surface area (Å²) >= 11 is 9.31. The van der Waals surface area contributed by atoms with Crippen LogP contribution in [-0.2, 0) is 19.1 Å². The zero-order valence-electron chi connectivity index (χ0n) is 15.6. The van der Waals surface area contributed by atoms with Crippen molar-refractivity contribution in [1.29, 1.82) is 0 Å². The van der Waals surface area contributed by atoms with E-state index in [0.717, 1.165) is 4.47 Å². The summed E-state index contributed by atoms with van der Waals surface area (Å²) in [5.74, 6) is -4.50. The summed E-state index contributed by atoms with van der Waals surface area (Å²) in [6.07, 6.45) is 0. The third kappa shape index (κ3) is 5.00. The lowest BCUT2D eigenvalue weighted by Crippen LogP contribution is -2.37. The summed E-state index contributed by atoms with van der Waals surface area (Å²) in [6, 6.07) is 13.6. The molecule has 0 aliphatic heterocycles. The molecule has 0 N–H and O–H groups in total. The predicted octanol–water partition coefficient (Wildman–Crippen LogP) is 4.67. The standard InChI is InChI=1S/C21H20BrClO5/c1-12(19(24)14-4-8-15(22)9-5-14)17(13-6-10-16(23)11-7-13)18(20(25)27-2)21(26)28-3/h4-12,17-18H,1-3H3/t12-,17+/m0/s1. The average molecular weight is 468 g/mol. The number of Topliss-reactive ketones (excluding diaryl/α,β-unsaturated/α-hetero) is 1. The number of halogens is 2. The van der Waals surface area contributed by atoms with Gasteiger partial charge in [-0.15, -0.1) is 0 Å². The topological polar surface area (TPSA) is 69.7 Å². The van der Waals surface area contributed by atoms with Crippen LogP contribution in [0.3, 0.4) is 0 Å². The summed E-state index contributed by atoms with van der Waals surface area (Å²) in [6.45, 7) is 1.68. The third-order valence-electron chi connectivity index (χ3n) is 4.61. The number of carbonyl (C=O) groups excluding carboxylic acids is 3. The molecule has 7 heteroatoms. The molecule has 2 atom stereocenters. The fraction of sp³-hybridized carbons (Fsp3) is 0.286. The summed E-state index contributed by atoms with van der Waals surface area (Å²) in [5.41, 5.74) is 1.09. The van der Waals surface area contributed by atoms with E-state index < -0.39 is 29.7 Å². The van der Waals surface area contributed by atoms with Crippen LogP contribution in [0.1, 0.15) is 28.8 Å². The normalized spacial score (nSPS) is 12.9. The number of hydrogen-bond acceptors (Lipinski definition) is 5. The molecule has 0 amide bonds. The number of methoxy groups -OCH3 is 2. The Morgan fingerprint density at radius 2 is 1.39 bits per heavy atom. The van der Waals surface area contributed by atoms with Gasteiger partial charge in [0.2, 0.25) is 0 Å². The number of carbonyl (C=O) groups is 3. The monoisotopic (exact) mass is 466 g/mol. The highest BCUT2D eigenvalue weighted by molar-refractivity contribution is 9.10. The zero-order valence-corrected chi connectivity index (χ0v) is 18.0. The quantitative estimate of drug-likeness (QED) is 0.336. The molecule has 0 heterocycles. The van der Waals surface area contributed by atoms with Crippen molar-refractivity contribution in [2.75, 3.05) is 14.2 Å². The fourth-order valence-corrected chi connectivity index (χ4v) is 3.53. The van der Waals surface area contributed by atoms with Crippen LogP contribution in [0.15, 0.2) is 53.0 Å². The molecule has 0 aromatic heterocycles. The summed E-state index contributed by atoms with van der Waals surface area (Å²) in [4.78, 5) is 38.0. The van der Waals surface area contributed by atoms with E-state index >= 15 is 0 Å². The molecule has 148 valence electrons. The van der Waals surface area contributed by atoms with Crippen molar-refractivity contribution in [1.82, 2.24) is 0 Å². The van der Waals surface area contributed by atoms with Crippen LogP contribution >= 0.6 is 27.5 Å². The largest absolute Gasteiger partial charge is 0.468 e. The Balaban J connectivity index is 2.53. The predicted molar refractivity (Wildman–Crippen MR) is 109 cm³/mol. The van der Waals surface area contributed by atoms with Crippen molar-refractivity contribution in [2.24, 2.45) is 11.8 Å². The Morgan fingerprint density at radius 3 is 1.86 bits per heavy atom. The maximum Gasteiger partial charge on any atom is 0.320 e. The Hall–Kier alpha value is -2.18. The second kappa shape index (κ2) is 9.85. The van der Waals surface area contributed by atoms with E-state index in [-0.39, 0.29) is 5.78 Å². The van der Waals surface area contributed by atoms with E-state index in [0.29, 0.717) is 16.1 Å². The van der Waals surface area contributed by atoms with Gasteiger partial charge < -0.3 is 9.47 Å². The highest BCUT2D eigenvalue weighted by Crippen LogP contribution is 2.36. The molecular weight excluding hydrogens is 448 g/mol. The van der Waals surface area contributed by atoms with Crippen LogP contribution in [0, 0.1) is 11.8 Å². The molecule has 0 saturated carbocycles. The van der Waals surface area contributed by atoms with Gasteiger partial charge in [0, 0.05) is 26.9 Å². The fourth-order valence-electron chi connectivity index (χ4n) is 3.14. The number of esters is 2. The first kappa shape index (κ1) is 22.1. The Morgan fingerprint density at radius 1 is 0.893 bits per heavy atom. The second-order valence-corrected chi connectivity index (χ2v) is 7.61. The molecule has 0 bridgehead atoms. The summed E-state index contributed by atoms with van der Waals surface area (Å²) < 4.78 is 10.5. The van der Waals surface area contributed by atoms with E-state index in [4.69, 9.17) is 21.1 Å². The number of ketones is 1. The van der Waals surface area contributed by atoms with Crippen molar-refractivity contribution in [3.8, 4) is 0 Å². The van der Waals surface area contributed by atoms with Crippen LogP contribution in [0.2, 0.25) is 5.02 Å². The van der Waals surface area contributed by atoms with Gasteiger partial charge in [-0.05, 0) is 29.8 Å². The molecule has 0 aliphatic carbocycles. The number of rotatable bonds is 7. The molecule has 0 aliphatic rings. The molecule has 0 saturated heterocycles. The smallest absolute Gasteiger partial charge is 0.320 e. The minimum absolute atomic E-state index is 0.203. The second-order valence-electron chi connectivity index (χ2n) is 6.26. The number of ether oxygens (including phenoxy) is 2. The molecule has 2 aromatic rings. The Kier molecular flexibility index (Phi) is 7.78. The minimum atomic E-state index is -1.29. The summed E-state index contributed by atoms with van der Waals surface area (Å²) in [5, 5.41) is 0.502. The van der Waals surface area contributed by atoms with Gasteiger partial charge in [-0.2, -0.15) is 0 Å². The maximum atomic E-state index is 13.1. The van der Waals surface area contributed by atoms with E-state index in [9.17, 15) is 14.4 Å². The van der Waals surface area contributed by atoms with Gasteiger partial charge in [0.05, 0.1) is 14.2 Å². The van der Waals surface area contributed by atoms with Crippen molar-refractivity contribution >= 4 is 45.3 Å². The van der Waals surface area contributed by atoms with Gasteiger partial charge in [0.1, 0.15) is 0 Å². The van der Waals surface area contributed by atoms with Crippen molar-refractivity contribution < 1.29 is 23.9 Å². The highest BCUT2D eigenvalue weighted by Gasteiger charge is 2.43. The van der Waals surface area contributed by atoms with Gasteiger partial charge in [0.15, 0.2) is 11.7 Å². The van der Waals surface area contributed by atoms with E-state index in [1.165, 1.54) is 14.2 Å². The first-order valence-electron chi connectivity index (χ1n) is 8.51. The first-order valence-corrected chi connectivity index (χ1v) is 9.68. The van der Waals surface area contributed by atoms with Gasteiger partial charge in [-0.1, -0.05) is 58.7 Å². The molecule has 28 heavy (non-hydrogen) atoms. The zero-order chi connectivity index (χ0) is 20.8. The van der Waals surface area contributed by atoms with Crippen molar-refractivity contribution in [3.05, 3.63) is 69.2 Å². The number of benzene rings is 2. The average Bonchev–Trinajstić information content (AvgIpc) is 2.71. The lowest BCUT2D eigenvalue weighted by atomic mass is 9.74. The molecule has 0 unspecified atom stereocenters. The van der Waals surface area contributed by atoms with E-state index in [2.05, 4.69) is 15.9 Å². The van der Waals surface area contributed by atoms with Crippen LogP contribution in [0.4, 0.5) is 0 Å². The maximum absolute atomic E-state index is 13.1. The number of hydrogen-bond donors (Lipinski definition) is 0. The molecule has 2 aromatic carbocycles. The Bertz CT molecular complexity index is 832. The third-order valence-corrected chi connectivity index (χ3v) is 5.39. The van der Waals surface area contributed by atoms with Gasteiger partial charge in [0.25, 0.3) is 0 Å². The van der Waals surface area contributed by atoms with E-state index in [1.54, 1.807) is 55.5 Å². The van der Waals surface area contributed by atoms with Crippen molar-refractivity contribution in [2.45, 2.75) is 12.8 Å². The lowest BCUT2D eigenvalue weighted by Gasteiger charge is -2.28. The van der Waals surface area contributed by atoms with Gasteiger partial charge in [-0.3, -0.25) is 14.4 Å². The van der Waals surface area contributed by atoms with Gasteiger partial charge in [-0.25, -0.2) is 0 Å². The molecule has 5 nitrogen and oxygen atoms in total. The molecule has 0 radical (unpaired) electrons. The molecular formula is C21H20BrClO5. The molecule has 0 fully saturated rings. The van der Waals surface area contributed by atoms with Crippen LogP contribution in [-0.4, -0.2) is 31.9 Å². The highest BCUT2D eigenvalue weighted by atomic mass is 79.9. The van der Waals surface area contributed by atoms with Crippen LogP contribution in [0.25, 0.3) is 0 Å². The van der Waals surface area contributed by atoms with Crippen LogP contribution in [0.5, 0.6) is 0 Å². The minimum Gasteiger partial charge on any atom is -0.468 e.